The molecule has 3 atom stereocenters. The summed E-state index contributed by atoms with van der Waals surface area (Å²) >= 11 is 0. The van der Waals surface area contributed by atoms with Gasteiger partial charge in [-0.15, -0.1) is 0 Å². The Morgan fingerprint density at radius 2 is 2.21 bits per heavy atom. The number of hydrogen-bond donors (Lipinski definition) is 2. The third-order valence-electron chi connectivity index (χ3n) is 3.87. The summed E-state index contributed by atoms with van der Waals surface area (Å²) in [5.41, 5.74) is 7.85. The number of azide groups is 1. The first-order valence-electron chi connectivity index (χ1n) is 7.94. The van der Waals surface area contributed by atoms with Crippen LogP contribution in [0.4, 0.5) is 0 Å². The van der Waals surface area contributed by atoms with Gasteiger partial charge in [-0.3, -0.25) is 19.1 Å². The zero-order chi connectivity index (χ0) is 20.0. The molecule has 0 aliphatic carbocycles. The highest BCUT2D eigenvalue weighted by molar-refractivity contribution is 5.94. The number of carbonyl (C=O) groups is 2. The normalized spacial score (nSPS) is 20.9. The third-order valence-corrected chi connectivity index (χ3v) is 3.87. The van der Waals surface area contributed by atoms with Crippen molar-refractivity contribution >= 4 is 20.3 Å². The molecule has 1 aliphatic rings. The van der Waals surface area contributed by atoms with Gasteiger partial charge >= 0.3 is 11.7 Å². The molecular formula is C15H18BN6O6. The fourth-order valence-electron chi connectivity index (χ4n) is 2.46. The number of aromatic amines is 1. The topological polar surface area (TPSA) is 168 Å². The fraction of sp³-hybridized carbons (Fsp3) is 0.467. The van der Waals surface area contributed by atoms with Crippen molar-refractivity contribution in [2.45, 2.75) is 31.7 Å². The van der Waals surface area contributed by atoms with E-state index < -0.39 is 41.5 Å². The molecule has 0 spiro atoms. The fourth-order valence-corrected chi connectivity index (χ4v) is 2.46. The molecule has 0 saturated carbocycles. The Morgan fingerprint density at radius 3 is 2.86 bits per heavy atom. The van der Waals surface area contributed by atoms with Crippen LogP contribution in [-0.2, 0) is 19.1 Å². The van der Waals surface area contributed by atoms with Crippen LogP contribution in [0.1, 0.15) is 18.2 Å². The number of nitrogens with zero attached hydrogens (tertiary/aromatic N) is 4. The summed E-state index contributed by atoms with van der Waals surface area (Å²) in [7, 11) is 1.41. The van der Waals surface area contributed by atoms with Gasteiger partial charge in [-0.25, -0.2) is 9.59 Å². The second kappa shape index (κ2) is 10.1. The van der Waals surface area contributed by atoms with Gasteiger partial charge in [0.25, 0.3) is 5.56 Å². The number of aryl methyl sites for hydroxylation is 1. The van der Waals surface area contributed by atoms with Gasteiger partial charge in [-0.2, -0.15) is 0 Å². The van der Waals surface area contributed by atoms with Crippen LogP contribution < -0.4 is 16.6 Å². The molecule has 0 bridgehead atoms. The highest BCUT2D eigenvalue weighted by Gasteiger charge is 2.37. The average molecular weight is 389 g/mol. The highest BCUT2D eigenvalue weighted by Crippen LogP contribution is 2.30. The maximum atomic E-state index is 12.0. The lowest BCUT2D eigenvalue weighted by Crippen LogP contribution is -2.33. The van der Waals surface area contributed by atoms with E-state index in [0.717, 1.165) is 12.2 Å². The average Bonchev–Trinajstić information content (AvgIpc) is 3.03. The number of hydrogen-bond acceptors (Lipinski definition) is 7. The van der Waals surface area contributed by atoms with Gasteiger partial charge in [-0.05, 0) is 12.5 Å². The van der Waals surface area contributed by atoms with Crippen molar-refractivity contribution in [2.24, 2.45) is 5.11 Å². The first-order valence-corrected chi connectivity index (χ1v) is 7.94. The monoisotopic (exact) mass is 389 g/mol. The molecule has 147 valence electrons. The summed E-state index contributed by atoms with van der Waals surface area (Å²) in [6.07, 6.45) is 1.87. The molecule has 0 aromatic carbocycles. The Morgan fingerprint density at radius 1 is 1.50 bits per heavy atom. The lowest BCUT2D eigenvalue weighted by atomic mass is 10.1. The molecule has 13 heteroatoms. The first-order chi connectivity index (χ1) is 12.8. The molecular weight excluding hydrogens is 371 g/mol. The number of amides is 1. The van der Waals surface area contributed by atoms with Gasteiger partial charge in [0, 0.05) is 50.7 Å². The summed E-state index contributed by atoms with van der Waals surface area (Å²) in [6, 6.07) is -0.685. The maximum Gasteiger partial charge on any atom is 0.331 e. The second-order valence-electron chi connectivity index (χ2n) is 5.69. The van der Waals surface area contributed by atoms with Crippen molar-refractivity contribution in [3.8, 4) is 0 Å². The van der Waals surface area contributed by atoms with Gasteiger partial charge in [0.05, 0.1) is 6.04 Å². The van der Waals surface area contributed by atoms with E-state index in [0.29, 0.717) is 5.56 Å². The minimum Gasteiger partial charge on any atom is -0.460 e. The van der Waals surface area contributed by atoms with E-state index in [1.54, 1.807) is 0 Å². The Kier molecular flexibility index (Phi) is 8.23. The molecule has 0 unspecified atom stereocenters. The number of likely N-dealkylation sites (N-methyl/N-ethyl adjacent to an activating group) is 1. The zero-order valence-corrected chi connectivity index (χ0v) is 15.2. The molecule has 3 radical (unpaired) electrons. The largest absolute Gasteiger partial charge is 0.460 e. The minimum absolute atomic E-state index is 0. The number of rotatable bonds is 6. The second-order valence-corrected chi connectivity index (χ2v) is 5.69. The van der Waals surface area contributed by atoms with Crippen molar-refractivity contribution in [3.63, 3.8) is 0 Å². The number of ether oxygens (including phenoxy) is 2. The molecule has 1 aliphatic heterocycles. The Balaban J connectivity index is 0.00000392. The van der Waals surface area contributed by atoms with Crippen molar-refractivity contribution in [2.75, 3.05) is 13.7 Å². The van der Waals surface area contributed by atoms with Gasteiger partial charge < -0.3 is 14.8 Å². The van der Waals surface area contributed by atoms with Crippen LogP contribution >= 0.6 is 0 Å². The van der Waals surface area contributed by atoms with E-state index in [2.05, 4.69) is 20.3 Å². The third kappa shape index (κ3) is 5.59. The number of nitrogens with one attached hydrogen (secondary N) is 2. The van der Waals surface area contributed by atoms with Crippen LogP contribution in [0.15, 0.2) is 33.1 Å². The number of carbonyl (C=O) groups excluding carboxylic acids is 2. The zero-order valence-electron chi connectivity index (χ0n) is 15.2. The van der Waals surface area contributed by atoms with E-state index in [9.17, 15) is 19.2 Å². The van der Waals surface area contributed by atoms with Crippen molar-refractivity contribution in [1.82, 2.24) is 14.9 Å². The minimum atomic E-state index is -0.798. The number of esters is 1. The van der Waals surface area contributed by atoms with Crippen LogP contribution in [0, 0.1) is 6.92 Å². The predicted octanol–water partition coefficient (Wildman–Crippen LogP) is -0.724. The van der Waals surface area contributed by atoms with Gasteiger partial charge in [0.1, 0.15) is 18.9 Å². The quantitative estimate of drug-likeness (QED) is 0.162. The summed E-state index contributed by atoms with van der Waals surface area (Å²) in [5, 5.41) is 5.92. The van der Waals surface area contributed by atoms with E-state index in [1.165, 1.54) is 24.7 Å². The molecule has 2 rings (SSSR count). The standard InChI is InChI=1S/C15H18N6O6.B/c1-8-6-21(15(25)18-14(8)24)12-5-9(19-20-16)10(27-12)7-26-13(23)4-3-11(22)17-2;/h3-4,6,9-10,12H,5,7H2,1-2H3,(H,17,22)(H,18,24,25);/b4-3+;/t9-,10+,12+;/m0./s1. The lowest BCUT2D eigenvalue weighted by molar-refractivity contribution is -0.143. The molecule has 1 aromatic rings. The lowest BCUT2D eigenvalue weighted by Gasteiger charge is -2.16. The Bertz CT molecular complexity index is 918. The molecule has 28 heavy (non-hydrogen) atoms. The van der Waals surface area contributed by atoms with Crippen LogP contribution in [0.25, 0.3) is 10.4 Å². The molecule has 1 aromatic heterocycles. The van der Waals surface area contributed by atoms with E-state index in [4.69, 9.17) is 15.0 Å². The van der Waals surface area contributed by atoms with Crippen LogP contribution in [0.5, 0.6) is 0 Å². The van der Waals surface area contributed by atoms with Crippen LogP contribution in [-0.4, -0.2) is 55.6 Å². The Hall–Kier alpha value is -3.31. The van der Waals surface area contributed by atoms with Crippen LogP contribution in [0.3, 0.4) is 0 Å². The SMILES string of the molecule is CNC(=O)/C=C/C(=O)OC[C@H]1O[C@@H](n2cc(C)c(=O)[nH]c2=O)C[C@@H]1N=[N+]=[N-].[B]. The molecule has 2 heterocycles. The van der Waals surface area contributed by atoms with Gasteiger partial charge in [0.2, 0.25) is 5.91 Å². The van der Waals surface area contributed by atoms with E-state index in [1.807, 2.05) is 0 Å². The van der Waals surface area contributed by atoms with Crippen molar-refractivity contribution in [3.05, 3.63) is 55.2 Å². The number of aromatic nitrogens is 2. The molecule has 1 fully saturated rings. The number of H-pyrrole nitrogens is 1. The van der Waals surface area contributed by atoms with Crippen molar-refractivity contribution in [1.29, 1.82) is 0 Å². The van der Waals surface area contributed by atoms with Gasteiger partial charge in [0.15, 0.2) is 0 Å². The Labute approximate surface area is 160 Å². The van der Waals surface area contributed by atoms with Crippen molar-refractivity contribution < 1.29 is 19.1 Å². The predicted molar refractivity (Wildman–Crippen MR) is 97.4 cm³/mol. The summed E-state index contributed by atoms with van der Waals surface area (Å²) < 4.78 is 11.9. The summed E-state index contributed by atoms with van der Waals surface area (Å²) in [4.78, 5) is 51.1. The molecule has 2 N–H and O–H groups in total. The van der Waals surface area contributed by atoms with E-state index >= 15 is 0 Å². The van der Waals surface area contributed by atoms with E-state index in [-0.39, 0.29) is 21.4 Å². The molecule has 1 amide bonds. The van der Waals surface area contributed by atoms with Gasteiger partial charge in [-0.1, -0.05) is 5.11 Å². The summed E-state index contributed by atoms with van der Waals surface area (Å²) in [6.45, 7) is 1.29. The first kappa shape index (κ1) is 22.7. The smallest absolute Gasteiger partial charge is 0.331 e. The highest BCUT2D eigenvalue weighted by atomic mass is 16.6. The molecule has 1 saturated heterocycles. The van der Waals surface area contributed by atoms with Crippen LogP contribution in [0.2, 0.25) is 0 Å². The summed E-state index contributed by atoms with van der Waals surface area (Å²) in [5.74, 6) is -1.24. The maximum absolute atomic E-state index is 12.0. The molecule has 12 nitrogen and oxygen atoms in total.